The van der Waals surface area contributed by atoms with Crippen molar-refractivity contribution in [3.8, 4) is 0 Å². The van der Waals surface area contributed by atoms with E-state index >= 15 is 0 Å². The quantitative estimate of drug-likeness (QED) is 0.533. The average Bonchev–Trinajstić information content (AvgIpc) is 2.10. The van der Waals surface area contributed by atoms with Crippen molar-refractivity contribution in [3.05, 3.63) is 34.6 Å². The summed E-state index contributed by atoms with van der Waals surface area (Å²) < 4.78 is 13.0. The zero-order valence-electron chi connectivity index (χ0n) is 7.34. The number of halogens is 2. The van der Waals surface area contributed by atoms with Crippen LogP contribution < -0.4 is 0 Å². The highest BCUT2D eigenvalue weighted by Gasteiger charge is 2.03. The van der Waals surface area contributed by atoms with Crippen LogP contribution in [0.5, 0.6) is 0 Å². The van der Waals surface area contributed by atoms with Crippen molar-refractivity contribution in [2.45, 2.75) is 6.92 Å². The van der Waals surface area contributed by atoms with Gasteiger partial charge in [0.05, 0.1) is 10.7 Å². The molecule has 0 aliphatic carbocycles. The van der Waals surface area contributed by atoms with Crippen LogP contribution in [-0.2, 0) is 4.84 Å². The maximum Gasteiger partial charge on any atom is 0.142 e. The summed E-state index contributed by atoms with van der Waals surface area (Å²) in [5.41, 5.74) is 1.27. The third-order valence-electron chi connectivity index (χ3n) is 1.57. The van der Waals surface area contributed by atoms with Crippen molar-refractivity contribution in [2.24, 2.45) is 5.16 Å². The molecule has 0 aliphatic rings. The molecule has 0 bridgehead atoms. The molecule has 13 heavy (non-hydrogen) atoms. The first-order chi connectivity index (χ1) is 6.15. The summed E-state index contributed by atoms with van der Waals surface area (Å²) in [6.07, 6.45) is 0. The van der Waals surface area contributed by atoms with E-state index < -0.39 is 5.82 Å². The molecule has 0 radical (unpaired) electrons. The van der Waals surface area contributed by atoms with Crippen molar-refractivity contribution < 1.29 is 9.23 Å². The summed E-state index contributed by atoms with van der Waals surface area (Å²) in [7, 11) is 1.44. The Kier molecular flexibility index (Phi) is 3.25. The number of oxime groups is 1. The molecule has 0 N–H and O–H groups in total. The molecule has 0 heterocycles. The topological polar surface area (TPSA) is 21.6 Å². The predicted molar refractivity (Wildman–Crippen MR) is 50.6 cm³/mol. The van der Waals surface area contributed by atoms with Gasteiger partial charge in [-0.25, -0.2) is 4.39 Å². The van der Waals surface area contributed by atoms with Crippen LogP contribution in [0.4, 0.5) is 4.39 Å². The summed E-state index contributed by atoms with van der Waals surface area (Å²) in [5, 5.41) is 3.78. The zero-order valence-corrected chi connectivity index (χ0v) is 8.10. The van der Waals surface area contributed by atoms with Gasteiger partial charge in [-0.15, -0.1) is 0 Å². The minimum atomic E-state index is -0.454. The first-order valence-corrected chi connectivity index (χ1v) is 4.06. The van der Waals surface area contributed by atoms with Gasteiger partial charge in [0.25, 0.3) is 0 Å². The third kappa shape index (κ3) is 2.42. The Hall–Kier alpha value is -1.09. The lowest BCUT2D eigenvalue weighted by atomic mass is 10.1. The lowest BCUT2D eigenvalue weighted by molar-refractivity contribution is 0.213. The Morgan fingerprint density at radius 2 is 2.23 bits per heavy atom. The second kappa shape index (κ2) is 4.23. The Morgan fingerprint density at radius 3 is 2.77 bits per heavy atom. The second-order valence-corrected chi connectivity index (χ2v) is 2.90. The van der Waals surface area contributed by atoms with E-state index in [-0.39, 0.29) is 5.02 Å². The fraction of sp³-hybridized carbons (Fsp3) is 0.222. The van der Waals surface area contributed by atoms with Gasteiger partial charge < -0.3 is 4.84 Å². The maximum atomic E-state index is 13.0. The average molecular weight is 202 g/mol. The molecule has 0 aromatic heterocycles. The maximum absolute atomic E-state index is 13.0. The second-order valence-electron chi connectivity index (χ2n) is 2.49. The van der Waals surface area contributed by atoms with E-state index in [0.29, 0.717) is 11.3 Å². The van der Waals surface area contributed by atoms with Crippen LogP contribution in [-0.4, -0.2) is 12.8 Å². The van der Waals surface area contributed by atoms with E-state index in [9.17, 15) is 4.39 Å². The highest BCUT2D eigenvalue weighted by Crippen LogP contribution is 2.15. The molecule has 0 saturated heterocycles. The number of hydrogen-bond donors (Lipinski definition) is 0. The van der Waals surface area contributed by atoms with E-state index in [1.165, 1.54) is 19.2 Å². The zero-order chi connectivity index (χ0) is 9.84. The predicted octanol–water partition coefficient (Wildman–Crippen LogP) is 2.85. The molecule has 0 unspecified atom stereocenters. The minimum absolute atomic E-state index is 0.106. The molecule has 2 nitrogen and oxygen atoms in total. The molecule has 70 valence electrons. The lowest BCUT2D eigenvalue weighted by Gasteiger charge is -2.00. The fourth-order valence-corrected chi connectivity index (χ4v) is 1.03. The monoisotopic (exact) mass is 201 g/mol. The number of rotatable bonds is 2. The molecular weight excluding hydrogens is 193 g/mol. The number of nitrogens with zero attached hydrogens (tertiary/aromatic N) is 1. The van der Waals surface area contributed by atoms with Gasteiger partial charge in [0.1, 0.15) is 12.9 Å². The van der Waals surface area contributed by atoms with Crippen LogP contribution in [0, 0.1) is 5.82 Å². The van der Waals surface area contributed by atoms with E-state index in [0.717, 1.165) is 0 Å². The van der Waals surface area contributed by atoms with Crippen LogP contribution in [0.25, 0.3) is 0 Å². The van der Waals surface area contributed by atoms with E-state index in [4.69, 9.17) is 11.6 Å². The van der Waals surface area contributed by atoms with E-state index in [2.05, 4.69) is 9.99 Å². The minimum Gasteiger partial charge on any atom is -0.399 e. The molecule has 1 rings (SSSR count). The first-order valence-electron chi connectivity index (χ1n) is 3.68. The Labute approximate surface area is 81.0 Å². The summed E-state index contributed by atoms with van der Waals surface area (Å²) in [4.78, 5) is 4.56. The van der Waals surface area contributed by atoms with Gasteiger partial charge >= 0.3 is 0 Å². The summed E-state index contributed by atoms with van der Waals surface area (Å²) in [6, 6.07) is 4.49. The van der Waals surface area contributed by atoms with Crippen LogP contribution in [0.15, 0.2) is 23.4 Å². The van der Waals surface area contributed by atoms with Crippen LogP contribution in [0.2, 0.25) is 5.02 Å². The van der Waals surface area contributed by atoms with Crippen LogP contribution >= 0.6 is 11.6 Å². The summed E-state index contributed by atoms with van der Waals surface area (Å²) >= 11 is 5.52. The molecule has 0 amide bonds. The Balaban J connectivity index is 3.04. The molecule has 1 aromatic rings. The van der Waals surface area contributed by atoms with Gasteiger partial charge in [-0.3, -0.25) is 0 Å². The molecule has 0 atom stereocenters. The Morgan fingerprint density at radius 1 is 1.54 bits per heavy atom. The molecular formula is C9H9ClFNO. The largest absolute Gasteiger partial charge is 0.399 e. The summed E-state index contributed by atoms with van der Waals surface area (Å²) in [6.45, 7) is 1.73. The van der Waals surface area contributed by atoms with Crippen molar-refractivity contribution in [2.75, 3.05) is 7.11 Å². The van der Waals surface area contributed by atoms with Crippen LogP contribution in [0.1, 0.15) is 12.5 Å². The van der Waals surface area contributed by atoms with Gasteiger partial charge in [0.2, 0.25) is 0 Å². The van der Waals surface area contributed by atoms with Gasteiger partial charge in [-0.2, -0.15) is 0 Å². The van der Waals surface area contributed by atoms with Crippen molar-refractivity contribution >= 4 is 17.3 Å². The lowest BCUT2D eigenvalue weighted by Crippen LogP contribution is -1.96. The number of hydrogen-bond acceptors (Lipinski definition) is 2. The SMILES string of the molecule is CON=C(C)c1ccc(Cl)c(F)c1. The molecule has 0 aliphatic heterocycles. The first kappa shape index (κ1) is 9.99. The molecule has 4 heteroatoms. The smallest absolute Gasteiger partial charge is 0.142 e. The normalized spacial score (nSPS) is 11.5. The Bertz CT molecular complexity index is 338. The van der Waals surface area contributed by atoms with Gasteiger partial charge in [-0.1, -0.05) is 22.8 Å². The van der Waals surface area contributed by atoms with Gasteiger partial charge in [0.15, 0.2) is 0 Å². The van der Waals surface area contributed by atoms with Gasteiger partial charge in [0, 0.05) is 5.56 Å². The number of benzene rings is 1. The molecule has 0 spiro atoms. The van der Waals surface area contributed by atoms with E-state index in [1.807, 2.05) is 0 Å². The van der Waals surface area contributed by atoms with Crippen molar-refractivity contribution in [3.63, 3.8) is 0 Å². The highest BCUT2D eigenvalue weighted by atomic mass is 35.5. The summed E-state index contributed by atoms with van der Waals surface area (Å²) in [5.74, 6) is -0.454. The standard InChI is InChI=1S/C9H9ClFNO/c1-6(12-13-2)7-3-4-8(10)9(11)5-7/h3-5H,1-2H3. The molecule has 0 saturated carbocycles. The van der Waals surface area contributed by atoms with E-state index in [1.54, 1.807) is 13.0 Å². The third-order valence-corrected chi connectivity index (χ3v) is 1.87. The molecule has 1 aromatic carbocycles. The highest BCUT2D eigenvalue weighted by molar-refractivity contribution is 6.30. The fourth-order valence-electron chi connectivity index (χ4n) is 0.911. The van der Waals surface area contributed by atoms with Crippen molar-refractivity contribution in [1.82, 2.24) is 0 Å². The van der Waals surface area contributed by atoms with Gasteiger partial charge in [-0.05, 0) is 19.1 Å². The van der Waals surface area contributed by atoms with Crippen molar-refractivity contribution in [1.29, 1.82) is 0 Å². The van der Waals surface area contributed by atoms with Crippen LogP contribution in [0.3, 0.4) is 0 Å². The molecule has 0 fully saturated rings.